The van der Waals surface area contributed by atoms with Crippen LogP contribution in [0.3, 0.4) is 0 Å². The minimum atomic E-state index is 0.180. The second-order valence-electron chi connectivity index (χ2n) is 5.87. The summed E-state index contributed by atoms with van der Waals surface area (Å²) in [5.74, 6) is 0.904. The Balaban J connectivity index is 2.39. The molecule has 1 aliphatic rings. The van der Waals surface area contributed by atoms with E-state index in [0.29, 0.717) is 6.04 Å². The molecule has 118 valence electrons. The van der Waals surface area contributed by atoms with Crippen LogP contribution in [0.15, 0.2) is 18.2 Å². The van der Waals surface area contributed by atoms with Crippen molar-refractivity contribution < 1.29 is 4.74 Å². The second kappa shape index (κ2) is 6.89. The average Bonchev–Trinajstić information content (AvgIpc) is 2.54. The number of ether oxygens (including phenoxy) is 1. The van der Waals surface area contributed by atoms with Crippen molar-refractivity contribution in [3.63, 3.8) is 0 Å². The molecule has 1 fully saturated rings. The van der Waals surface area contributed by atoms with Crippen molar-refractivity contribution in [1.29, 1.82) is 0 Å². The third kappa shape index (κ3) is 3.29. The number of anilines is 1. The lowest BCUT2D eigenvalue weighted by molar-refractivity contribution is 0.245. The Bertz CT molecular complexity index is 474. The van der Waals surface area contributed by atoms with Gasteiger partial charge in [0.2, 0.25) is 0 Å². The van der Waals surface area contributed by atoms with Crippen LogP contribution in [0, 0.1) is 0 Å². The van der Waals surface area contributed by atoms with Gasteiger partial charge in [0.1, 0.15) is 5.75 Å². The summed E-state index contributed by atoms with van der Waals surface area (Å²) in [5.41, 5.74) is 1.29. The molecule has 1 N–H and O–H groups in total. The number of nitrogens with one attached hydrogen (secondary N) is 1. The third-order valence-corrected chi connectivity index (χ3v) is 5.14. The highest BCUT2D eigenvalue weighted by molar-refractivity contribution is 6.30. The zero-order chi connectivity index (χ0) is 15.5. The van der Waals surface area contributed by atoms with Crippen molar-refractivity contribution in [2.24, 2.45) is 0 Å². The molecule has 1 aliphatic heterocycles. The third-order valence-electron chi connectivity index (χ3n) is 4.90. The van der Waals surface area contributed by atoms with Crippen molar-refractivity contribution in [2.45, 2.75) is 51.6 Å². The van der Waals surface area contributed by atoms with Crippen molar-refractivity contribution in [2.75, 3.05) is 25.1 Å². The molecule has 0 spiro atoms. The van der Waals surface area contributed by atoms with Crippen LogP contribution in [-0.4, -0.2) is 31.8 Å². The maximum atomic E-state index is 6.22. The van der Waals surface area contributed by atoms with Gasteiger partial charge in [-0.2, -0.15) is 0 Å². The van der Waals surface area contributed by atoms with Crippen LogP contribution in [0.2, 0.25) is 5.02 Å². The van der Waals surface area contributed by atoms with E-state index in [2.05, 4.69) is 31.0 Å². The van der Waals surface area contributed by atoms with Crippen LogP contribution in [0.1, 0.15) is 40.0 Å². The summed E-state index contributed by atoms with van der Waals surface area (Å²) in [6.07, 6.45) is 3.35. The van der Waals surface area contributed by atoms with Crippen molar-refractivity contribution in [3.8, 4) is 5.75 Å². The molecule has 1 aromatic rings. The van der Waals surface area contributed by atoms with Crippen LogP contribution in [-0.2, 0) is 0 Å². The number of halogens is 1. The van der Waals surface area contributed by atoms with E-state index in [4.69, 9.17) is 16.3 Å². The molecule has 1 atom stereocenters. The zero-order valence-corrected chi connectivity index (χ0v) is 14.3. The number of benzene rings is 1. The van der Waals surface area contributed by atoms with E-state index >= 15 is 0 Å². The highest BCUT2D eigenvalue weighted by Gasteiger charge is 2.37. The minimum Gasteiger partial charge on any atom is -0.495 e. The molecule has 0 bridgehead atoms. The molecule has 1 heterocycles. The Morgan fingerprint density at radius 3 is 2.62 bits per heavy atom. The Hall–Kier alpha value is -0.930. The standard InChI is InChI=1S/C17H27ClN2O/c1-5-14-11-19-17(6-2,7-3)12-20(14)15-10-13(18)8-9-16(15)21-4/h8-10,14,19H,5-7,11-12H2,1-4H3. The van der Waals surface area contributed by atoms with Gasteiger partial charge in [-0.3, -0.25) is 0 Å². The Kier molecular flexibility index (Phi) is 5.39. The molecule has 21 heavy (non-hydrogen) atoms. The highest BCUT2D eigenvalue weighted by Crippen LogP contribution is 2.36. The predicted octanol–water partition coefficient (Wildman–Crippen LogP) is 4.10. The van der Waals surface area contributed by atoms with Gasteiger partial charge in [0, 0.05) is 29.7 Å². The molecule has 0 amide bonds. The fraction of sp³-hybridized carbons (Fsp3) is 0.647. The Labute approximate surface area is 133 Å². The van der Waals surface area contributed by atoms with Crippen LogP contribution < -0.4 is 15.0 Å². The van der Waals surface area contributed by atoms with Gasteiger partial charge in [0.15, 0.2) is 0 Å². The maximum Gasteiger partial charge on any atom is 0.142 e. The van der Waals surface area contributed by atoms with E-state index in [-0.39, 0.29) is 5.54 Å². The fourth-order valence-electron chi connectivity index (χ4n) is 3.21. The summed E-state index contributed by atoms with van der Waals surface area (Å²) in [5, 5.41) is 4.53. The van der Waals surface area contributed by atoms with Crippen LogP contribution >= 0.6 is 11.6 Å². The monoisotopic (exact) mass is 310 g/mol. The number of piperazine rings is 1. The summed E-state index contributed by atoms with van der Waals surface area (Å²) >= 11 is 6.22. The highest BCUT2D eigenvalue weighted by atomic mass is 35.5. The normalized spacial score (nSPS) is 21.4. The predicted molar refractivity (Wildman–Crippen MR) is 90.7 cm³/mol. The van der Waals surface area contributed by atoms with Gasteiger partial charge < -0.3 is 15.0 Å². The topological polar surface area (TPSA) is 24.5 Å². The van der Waals surface area contributed by atoms with Gasteiger partial charge in [0.25, 0.3) is 0 Å². The lowest BCUT2D eigenvalue weighted by Gasteiger charge is -2.48. The molecule has 0 aliphatic carbocycles. The van der Waals surface area contributed by atoms with E-state index in [0.717, 1.165) is 48.8 Å². The van der Waals surface area contributed by atoms with Gasteiger partial charge >= 0.3 is 0 Å². The van der Waals surface area contributed by atoms with Gasteiger partial charge in [-0.15, -0.1) is 0 Å². The molecule has 4 heteroatoms. The van der Waals surface area contributed by atoms with E-state index in [1.165, 1.54) is 0 Å². The van der Waals surface area contributed by atoms with Crippen molar-refractivity contribution >= 4 is 17.3 Å². The quantitative estimate of drug-likeness (QED) is 0.886. The first kappa shape index (κ1) is 16.4. The smallest absolute Gasteiger partial charge is 0.142 e. The molecule has 1 saturated heterocycles. The van der Waals surface area contributed by atoms with Crippen LogP contribution in [0.4, 0.5) is 5.69 Å². The van der Waals surface area contributed by atoms with E-state index in [9.17, 15) is 0 Å². The summed E-state index contributed by atoms with van der Waals surface area (Å²) in [4.78, 5) is 2.48. The molecule has 0 radical (unpaired) electrons. The molecular weight excluding hydrogens is 284 g/mol. The van der Waals surface area contributed by atoms with E-state index in [1.807, 2.05) is 18.2 Å². The van der Waals surface area contributed by atoms with E-state index < -0.39 is 0 Å². The molecule has 2 rings (SSSR count). The average molecular weight is 311 g/mol. The molecule has 0 aromatic heterocycles. The zero-order valence-electron chi connectivity index (χ0n) is 13.6. The van der Waals surface area contributed by atoms with Gasteiger partial charge in [-0.1, -0.05) is 32.4 Å². The molecular formula is C17H27ClN2O. The lowest BCUT2D eigenvalue weighted by atomic mass is 9.87. The first-order valence-corrected chi connectivity index (χ1v) is 8.32. The molecule has 1 aromatic carbocycles. The largest absolute Gasteiger partial charge is 0.495 e. The van der Waals surface area contributed by atoms with Crippen LogP contribution in [0.25, 0.3) is 0 Å². The first-order valence-electron chi connectivity index (χ1n) is 7.94. The number of rotatable bonds is 5. The summed E-state index contributed by atoms with van der Waals surface area (Å²) in [7, 11) is 1.72. The first-order chi connectivity index (χ1) is 10.1. The van der Waals surface area contributed by atoms with Gasteiger partial charge in [0.05, 0.1) is 12.8 Å². The summed E-state index contributed by atoms with van der Waals surface area (Å²) < 4.78 is 5.56. The molecule has 1 unspecified atom stereocenters. The summed E-state index contributed by atoms with van der Waals surface area (Å²) in [6, 6.07) is 6.36. The van der Waals surface area contributed by atoms with Crippen LogP contribution in [0.5, 0.6) is 5.75 Å². The molecule has 3 nitrogen and oxygen atoms in total. The number of methoxy groups -OCH3 is 1. The maximum absolute atomic E-state index is 6.22. The summed E-state index contributed by atoms with van der Waals surface area (Å²) in [6.45, 7) is 8.76. The number of hydrogen-bond acceptors (Lipinski definition) is 3. The lowest BCUT2D eigenvalue weighted by Crippen LogP contribution is -2.64. The SMILES string of the molecule is CCC1CNC(CC)(CC)CN1c1cc(Cl)ccc1OC. The van der Waals surface area contributed by atoms with Gasteiger partial charge in [-0.25, -0.2) is 0 Å². The minimum absolute atomic E-state index is 0.180. The number of hydrogen-bond donors (Lipinski definition) is 1. The Morgan fingerprint density at radius 2 is 2.05 bits per heavy atom. The Morgan fingerprint density at radius 1 is 1.33 bits per heavy atom. The second-order valence-corrected chi connectivity index (χ2v) is 6.31. The number of nitrogens with zero attached hydrogens (tertiary/aromatic N) is 1. The van der Waals surface area contributed by atoms with Crippen molar-refractivity contribution in [1.82, 2.24) is 5.32 Å². The van der Waals surface area contributed by atoms with Gasteiger partial charge in [-0.05, 0) is 37.5 Å². The fourth-order valence-corrected chi connectivity index (χ4v) is 3.38. The van der Waals surface area contributed by atoms with E-state index in [1.54, 1.807) is 7.11 Å². The van der Waals surface area contributed by atoms with Crippen molar-refractivity contribution in [3.05, 3.63) is 23.2 Å². The molecule has 0 saturated carbocycles.